The quantitative estimate of drug-likeness (QED) is 0.621. The van der Waals surface area contributed by atoms with Gasteiger partial charge in [-0.25, -0.2) is 0 Å². The van der Waals surface area contributed by atoms with E-state index in [0.29, 0.717) is 11.3 Å². The molecule has 0 aliphatic carbocycles. The first-order valence-electron chi connectivity index (χ1n) is 8.26. The van der Waals surface area contributed by atoms with Crippen molar-refractivity contribution in [3.8, 4) is 0 Å². The van der Waals surface area contributed by atoms with Gasteiger partial charge in [0.1, 0.15) is 0 Å². The van der Waals surface area contributed by atoms with Gasteiger partial charge in [0.2, 0.25) is 5.78 Å². The lowest BCUT2D eigenvalue weighted by atomic mass is 10.1. The van der Waals surface area contributed by atoms with E-state index in [-0.39, 0.29) is 5.78 Å². The third kappa shape index (κ3) is 4.23. The van der Waals surface area contributed by atoms with E-state index in [2.05, 4.69) is 24.5 Å². The Kier molecular flexibility index (Phi) is 7.44. The summed E-state index contributed by atoms with van der Waals surface area (Å²) < 4.78 is 2.15. The predicted octanol–water partition coefficient (Wildman–Crippen LogP) is 4.69. The van der Waals surface area contributed by atoms with E-state index in [1.807, 2.05) is 32.0 Å². The molecule has 0 amide bonds. The lowest BCUT2D eigenvalue weighted by molar-refractivity contribution is 0.103. The highest BCUT2D eigenvalue weighted by Gasteiger charge is 2.16. The molecule has 0 bridgehead atoms. The maximum absolute atomic E-state index is 12.6. The zero-order chi connectivity index (χ0) is 16.5. The highest BCUT2D eigenvalue weighted by molar-refractivity contribution is 6.08. The van der Waals surface area contributed by atoms with Crippen molar-refractivity contribution in [1.29, 1.82) is 0 Å². The number of unbranched alkanes of at least 4 members (excludes halogenated alkanes) is 1. The molecule has 3 nitrogen and oxygen atoms in total. The molecule has 22 heavy (non-hydrogen) atoms. The first-order valence-corrected chi connectivity index (χ1v) is 8.26. The summed E-state index contributed by atoms with van der Waals surface area (Å²) in [6.45, 7) is 9.18. The van der Waals surface area contributed by atoms with Crippen LogP contribution in [0.2, 0.25) is 0 Å². The number of anilines is 1. The highest BCUT2D eigenvalue weighted by Crippen LogP contribution is 2.17. The molecule has 0 saturated carbocycles. The Morgan fingerprint density at radius 3 is 2.45 bits per heavy atom. The van der Waals surface area contributed by atoms with Crippen LogP contribution in [0.15, 0.2) is 36.4 Å². The summed E-state index contributed by atoms with van der Waals surface area (Å²) in [5.74, 6) is 0.0492. The number of aromatic nitrogens is 1. The maximum atomic E-state index is 12.6. The second-order valence-electron chi connectivity index (χ2n) is 5.02. The van der Waals surface area contributed by atoms with Crippen molar-refractivity contribution < 1.29 is 4.79 Å². The number of hydrogen-bond donors (Lipinski definition) is 1. The van der Waals surface area contributed by atoms with Crippen LogP contribution in [0.25, 0.3) is 0 Å². The fraction of sp³-hybridized carbons (Fsp3) is 0.421. The molecule has 2 N–H and O–H groups in total. The van der Waals surface area contributed by atoms with Crippen LogP contribution >= 0.6 is 0 Å². The van der Waals surface area contributed by atoms with Gasteiger partial charge in [-0.2, -0.15) is 0 Å². The molecule has 1 aromatic heterocycles. The van der Waals surface area contributed by atoms with Crippen LogP contribution in [-0.2, 0) is 13.0 Å². The number of nitrogens with zero attached hydrogens (tertiary/aromatic N) is 1. The van der Waals surface area contributed by atoms with Crippen molar-refractivity contribution >= 4 is 11.5 Å². The van der Waals surface area contributed by atoms with Crippen molar-refractivity contribution in [3.63, 3.8) is 0 Å². The topological polar surface area (TPSA) is 48.0 Å². The number of carbonyl (C=O) groups excluding carboxylic acids is 1. The number of hydrogen-bond acceptors (Lipinski definition) is 2. The Morgan fingerprint density at radius 2 is 1.86 bits per heavy atom. The number of nitrogens with two attached hydrogens (primary N) is 1. The lowest BCUT2D eigenvalue weighted by Gasteiger charge is -2.12. The SMILES string of the molecule is CC.CCCCn1c(CC)ccc1C(=O)c1cccc(N)c1. The molecule has 0 fully saturated rings. The molecule has 1 heterocycles. The minimum atomic E-state index is 0.0492. The largest absolute Gasteiger partial charge is 0.399 e. The van der Waals surface area contributed by atoms with Gasteiger partial charge in [-0.1, -0.05) is 46.2 Å². The van der Waals surface area contributed by atoms with Crippen molar-refractivity contribution in [3.05, 3.63) is 53.3 Å². The van der Waals surface area contributed by atoms with E-state index >= 15 is 0 Å². The zero-order valence-corrected chi connectivity index (χ0v) is 14.2. The molecular formula is C19H28N2O. The van der Waals surface area contributed by atoms with E-state index in [9.17, 15) is 4.79 Å². The zero-order valence-electron chi connectivity index (χ0n) is 14.2. The molecule has 0 aliphatic heterocycles. The summed E-state index contributed by atoms with van der Waals surface area (Å²) in [6, 6.07) is 11.2. The second kappa shape index (κ2) is 9.08. The van der Waals surface area contributed by atoms with Gasteiger partial charge in [0.15, 0.2) is 0 Å². The molecule has 0 saturated heterocycles. The van der Waals surface area contributed by atoms with E-state index in [1.54, 1.807) is 12.1 Å². The third-order valence-corrected chi connectivity index (χ3v) is 3.55. The molecule has 2 aromatic rings. The summed E-state index contributed by atoms with van der Waals surface area (Å²) >= 11 is 0. The normalized spacial score (nSPS) is 10.0. The smallest absolute Gasteiger partial charge is 0.209 e. The lowest BCUT2D eigenvalue weighted by Crippen LogP contribution is -2.12. The van der Waals surface area contributed by atoms with E-state index in [4.69, 9.17) is 5.73 Å². The first kappa shape index (κ1) is 18.0. The number of aryl methyl sites for hydroxylation is 1. The predicted molar refractivity (Wildman–Crippen MR) is 94.4 cm³/mol. The fourth-order valence-corrected chi connectivity index (χ4v) is 2.42. The Labute approximate surface area is 134 Å². The minimum absolute atomic E-state index is 0.0492. The van der Waals surface area contributed by atoms with Crippen molar-refractivity contribution in [2.24, 2.45) is 0 Å². The maximum Gasteiger partial charge on any atom is 0.209 e. The third-order valence-electron chi connectivity index (χ3n) is 3.55. The van der Waals surface area contributed by atoms with Gasteiger partial charge in [-0.15, -0.1) is 0 Å². The highest BCUT2D eigenvalue weighted by atomic mass is 16.1. The van der Waals surface area contributed by atoms with E-state index in [1.165, 1.54) is 5.69 Å². The van der Waals surface area contributed by atoms with Crippen molar-refractivity contribution in [2.75, 3.05) is 5.73 Å². The number of carbonyl (C=O) groups is 1. The molecule has 2 rings (SSSR count). The van der Waals surface area contributed by atoms with Gasteiger partial charge in [0.25, 0.3) is 0 Å². The van der Waals surface area contributed by atoms with Gasteiger partial charge in [0, 0.05) is 23.5 Å². The first-order chi connectivity index (χ1) is 10.7. The van der Waals surface area contributed by atoms with Crippen LogP contribution in [-0.4, -0.2) is 10.4 Å². The van der Waals surface area contributed by atoms with Crippen LogP contribution in [0.3, 0.4) is 0 Å². The molecular weight excluding hydrogens is 272 g/mol. The fourth-order valence-electron chi connectivity index (χ4n) is 2.42. The van der Waals surface area contributed by atoms with Crippen LogP contribution in [0.1, 0.15) is 62.3 Å². The average molecular weight is 300 g/mol. The molecule has 0 radical (unpaired) electrons. The molecule has 120 valence electrons. The Morgan fingerprint density at radius 1 is 1.14 bits per heavy atom. The van der Waals surface area contributed by atoms with E-state index in [0.717, 1.165) is 31.5 Å². The number of ketones is 1. The second-order valence-corrected chi connectivity index (χ2v) is 5.02. The Hall–Kier alpha value is -2.03. The molecule has 0 spiro atoms. The van der Waals surface area contributed by atoms with E-state index < -0.39 is 0 Å². The number of benzene rings is 1. The molecule has 3 heteroatoms. The van der Waals surface area contributed by atoms with Gasteiger partial charge in [-0.05, 0) is 37.1 Å². The summed E-state index contributed by atoms with van der Waals surface area (Å²) in [7, 11) is 0. The van der Waals surface area contributed by atoms with Crippen LogP contribution in [0, 0.1) is 0 Å². The molecule has 0 aliphatic rings. The van der Waals surface area contributed by atoms with Crippen LogP contribution in [0.5, 0.6) is 0 Å². The Bertz CT molecular complexity index is 599. The summed E-state index contributed by atoms with van der Waals surface area (Å²) in [6.07, 6.45) is 3.14. The summed E-state index contributed by atoms with van der Waals surface area (Å²) in [5, 5.41) is 0. The standard InChI is InChI=1S/C17H22N2O.C2H6/c1-3-5-11-19-15(4-2)9-10-16(19)17(20)13-7-6-8-14(18)12-13;1-2/h6-10,12H,3-5,11,18H2,1-2H3;1-2H3. The number of nitrogen functional groups attached to an aromatic ring is 1. The van der Waals surface area contributed by atoms with Gasteiger partial charge < -0.3 is 10.3 Å². The summed E-state index contributed by atoms with van der Waals surface area (Å²) in [4.78, 5) is 12.6. The molecule has 0 atom stereocenters. The van der Waals surface area contributed by atoms with Gasteiger partial charge >= 0.3 is 0 Å². The summed E-state index contributed by atoms with van der Waals surface area (Å²) in [5.41, 5.74) is 9.02. The molecule has 1 aromatic carbocycles. The van der Waals surface area contributed by atoms with Crippen LogP contribution in [0.4, 0.5) is 5.69 Å². The van der Waals surface area contributed by atoms with Crippen LogP contribution < -0.4 is 5.73 Å². The van der Waals surface area contributed by atoms with Crippen molar-refractivity contribution in [2.45, 2.75) is 53.5 Å². The molecule has 0 unspecified atom stereocenters. The average Bonchev–Trinajstić information content (AvgIpc) is 2.96. The van der Waals surface area contributed by atoms with Gasteiger partial charge in [-0.3, -0.25) is 4.79 Å². The van der Waals surface area contributed by atoms with Crippen molar-refractivity contribution in [1.82, 2.24) is 4.57 Å². The minimum Gasteiger partial charge on any atom is -0.399 e. The monoisotopic (exact) mass is 300 g/mol. The Balaban J connectivity index is 0.00000116. The number of rotatable bonds is 6. The van der Waals surface area contributed by atoms with Gasteiger partial charge in [0.05, 0.1) is 5.69 Å².